The first-order valence-electron chi connectivity index (χ1n) is 8.33. The van der Waals surface area contributed by atoms with Crippen molar-refractivity contribution in [1.82, 2.24) is 9.88 Å². The number of aromatic nitrogens is 1. The molecule has 1 unspecified atom stereocenters. The summed E-state index contributed by atoms with van der Waals surface area (Å²) in [6, 6.07) is 9.02. The van der Waals surface area contributed by atoms with Gasteiger partial charge in [-0.2, -0.15) is 0 Å². The van der Waals surface area contributed by atoms with E-state index in [9.17, 15) is 24.5 Å². The molecule has 0 saturated carbocycles. The van der Waals surface area contributed by atoms with E-state index in [0.717, 1.165) is 22.9 Å². The van der Waals surface area contributed by atoms with Gasteiger partial charge in [-0.1, -0.05) is 23.7 Å². The largest absolute Gasteiger partial charge is 0.467 e. The molecule has 2 heterocycles. The van der Waals surface area contributed by atoms with Gasteiger partial charge in [-0.15, -0.1) is 0 Å². The number of hydrogen-bond acceptors (Lipinski definition) is 6. The van der Waals surface area contributed by atoms with E-state index in [1.807, 2.05) is 0 Å². The lowest BCUT2D eigenvalue weighted by molar-refractivity contribution is -0.384. The number of furan rings is 1. The Hall–Kier alpha value is -3.72. The number of benzene rings is 1. The fraction of sp³-hybridized carbons (Fsp3) is 0.105. The van der Waals surface area contributed by atoms with Crippen molar-refractivity contribution in [3.05, 3.63) is 97.8 Å². The molecule has 1 amide bonds. The van der Waals surface area contributed by atoms with E-state index in [-0.39, 0.29) is 22.8 Å². The number of nitrogens with one attached hydrogen (secondary N) is 1. The van der Waals surface area contributed by atoms with Crippen LogP contribution in [0.5, 0.6) is 0 Å². The van der Waals surface area contributed by atoms with Gasteiger partial charge in [0.25, 0.3) is 17.2 Å². The number of carbonyl (C=O) groups excluding carboxylic acids is 2. The number of amides is 1. The molecule has 0 saturated heterocycles. The van der Waals surface area contributed by atoms with E-state index < -0.39 is 28.2 Å². The molecule has 148 valence electrons. The predicted octanol–water partition coefficient (Wildman–Crippen LogP) is 2.74. The molecule has 1 atom stereocenters. The molecule has 10 heteroatoms. The van der Waals surface area contributed by atoms with E-state index in [1.54, 1.807) is 12.1 Å². The summed E-state index contributed by atoms with van der Waals surface area (Å²) in [5.74, 6) is -1.14. The van der Waals surface area contributed by atoms with Crippen molar-refractivity contribution in [2.24, 2.45) is 0 Å². The molecule has 0 radical (unpaired) electrons. The highest BCUT2D eigenvalue weighted by atomic mass is 35.5. The van der Waals surface area contributed by atoms with Crippen molar-refractivity contribution >= 4 is 29.0 Å². The maximum absolute atomic E-state index is 13.1. The molecule has 0 fully saturated rings. The van der Waals surface area contributed by atoms with Gasteiger partial charge in [0, 0.05) is 30.0 Å². The number of nitro benzene ring substituents is 1. The second-order valence-corrected chi connectivity index (χ2v) is 6.40. The normalized spacial score (nSPS) is 11.6. The summed E-state index contributed by atoms with van der Waals surface area (Å²) in [6.07, 6.45) is 2.59. The monoisotopic (exact) mass is 415 g/mol. The number of rotatable bonds is 7. The second kappa shape index (κ2) is 8.53. The van der Waals surface area contributed by atoms with Crippen LogP contribution in [0.25, 0.3) is 0 Å². The van der Waals surface area contributed by atoms with Gasteiger partial charge in [-0.05, 0) is 18.2 Å². The molecule has 0 aliphatic heterocycles. The smallest absolute Gasteiger partial charge is 0.270 e. The molecular weight excluding hydrogens is 402 g/mol. The van der Waals surface area contributed by atoms with Gasteiger partial charge < -0.3 is 9.73 Å². The number of carbonyl (C=O) groups is 2. The zero-order chi connectivity index (χ0) is 21.0. The van der Waals surface area contributed by atoms with Crippen LogP contribution in [0.4, 0.5) is 5.69 Å². The molecule has 3 aromatic rings. The van der Waals surface area contributed by atoms with Gasteiger partial charge in [0.1, 0.15) is 5.76 Å². The second-order valence-electron chi connectivity index (χ2n) is 5.96. The third-order valence-electron chi connectivity index (χ3n) is 4.04. The van der Waals surface area contributed by atoms with Crippen molar-refractivity contribution < 1.29 is 18.9 Å². The summed E-state index contributed by atoms with van der Waals surface area (Å²) >= 11 is 5.93. The van der Waals surface area contributed by atoms with Gasteiger partial charge >= 0.3 is 0 Å². The Morgan fingerprint density at radius 2 is 2.00 bits per heavy atom. The summed E-state index contributed by atoms with van der Waals surface area (Å²) < 4.78 is 6.02. The zero-order valence-corrected chi connectivity index (χ0v) is 15.5. The van der Waals surface area contributed by atoms with Crippen LogP contribution in [-0.4, -0.2) is 21.2 Å². The highest BCUT2D eigenvalue weighted by Crippen LogP contribution is 2.20. The first-order valence-corrected chi connectivity index (χ1v) is 8.71. The SMILES string of the molecule is O=C(NCc1ccco1)C(C(=O)c1cccc([N+](=O)[O-])c1)n1cc(Cl)ccc1=O. The first-order chi connectivity index (χ1) is 13.9. The summed E-state index contributed by atoms with van der Waals surface area (Å²) in [7, 11) is 0. The van der Waals surface area contributed by atoms with E-state index in [0.29, 0.717) is 5.76 Å². The molecule has 29 heavy (non-hydrogen) atoms. The predicted molar refractivity (Wildman–Crippen MR) is 103 cm³/mol. The number of hydrogen-bond donors (Lipinski definition) is 1. The summed E-state index contributed by atoms with van der Waals surface area (Å²) in [4.78, 5) is 48.6. The average Bonchev–Trinajstić information content (AvgIpc) is 3.23. The zero-order valence-electron chi connectivity index (χ0n) is 14.8. The topological polar surface area (TPSA) is 124 Å². The fourth-order valence-corrected chi connectivity index (χ4v) is 2.83. The van der Waals surface area contributed by atoms with Crippen LogP contribution in [0.2, 0.25) is 5.02 Å². The number of halogens is 1. The summed E-state index contributed by atoms with van der Waals surface area (Å²) in [5.41, 5.74) is -1.04. The van der Waals surface area contributed by atoms with Crippen molar-refractivity contribution in [2.75, 3.05) is 0 Å². The quantitative estimate of drug-likeness (QED) is 0.274. The Morgan fingerprint density at radius 1 is 1.21 bits per heavy atom. The van der Waals surface area contributed by atoms with Gasteiger partial charge in [0.2, 0.25) is 0 Å². The Morgan fingerprint density at radius 3 is 2.69 bits per heavy atom. The molecule has 3 rings (SSSR count). The van der Waals surface area contributed by atoms with Crippen molar-refractivity contribution in [2.45, 2.75) is 12.6 Å². The van der Waals surface area contributed by atoms with Crippen LogP contribution in [0.1, 0.15) is 22.2 Å². The molecule has 0 spiro atoms. The highest BCUT2D eigenvalue weighted by Gasteiger charge is 2.31. The number of nitrogens with zero attached hydrogens (tertiary/aromatic N) is 2. The van der Waals surface area contributed by atoms with Gasteiger partial charge in [0.05, 0.1) is 22.8 Å². The minimum absolute atomic E-state index is 0.0140. The number of nitro groups is 1. The third-order valence-corrected chi connectivity index (χ3v) is 4.26. The summed E-state index contributed by atoms with van der Waals surface area (Å²) in [6.45, 7) is -0.0140. The maximum atomic E-state index is 13.1. The lowest BCUT2D eigenvalue weighted by Crippen LogP contribution is -2.41. The number of non-ortho nitro benzene ring substituents is 1. The Kier molecular flexibility index (Phi) is 5.89. The van der Waals surface area contributed by atoms with Crippen LogP contribution in [0.3, 0.4) is 0 Å². The lowest BCUT2D eigenvalue weighted by atomic mass is 10.0. The van der Waals surface area contributed by atoms with Crippen LogP contribution >= 0.6 is 11.6 Å². The van der Waals surface area contributed by atoms with Gasteiger partial charge in [0.15, 0.2) is 11.8 Å². The standard InChI is InChI=1S/C19H14ClN3O6/c20-13-6-7-16(24)22(11-13)17(19(26)21-10-15-5-2-8-29-15)18(25)12-3-1-4-14(9-12)23(27)28/h1-9,11,17H,10H2,(H,21,26). The Labute approximate surface area is 168 Å². The molecule has 0 bridgehead atoms. The molecule has 0 aliphatic carbocycles. The Bertz CT molecular complexity index is 1120. The molecule has 1 N–H and O–H groups in total. The highest BCUT2D eigenvalue weighted by molar-refractivity contribution is 6.30. The molecule has 1 aromatic carbocycles. The van der Waals surface area contributed by atoms with Crippen LogP contribution in [-0.2, 0) is 11.3 Å². The van der Waals surface area contributed by atoms with E-state index in [2.05, 4.69) is 5.32 Å². The molecule has 2 aromatic heterocycles. The molecule has 0 aliphatic rings. The van der Waals surface area contributed by atoms with Crippen molar-refractivity contribution in [1.29, 1.82) is 0 Å². The first kappa shape index (κ1) is 20.0. The van der Waals surface area contributed by atoms with E-state index >= 15 is 0 Å². The Balaban J connectivity index is 2.00. The number of pyridine rings is 1. The van der Waals surface area contributed by atoms with Gasteiger partial charge in [-0.25, -0.2) is 0 Å². The van der Waals surface area contributed by atoms with E-state index in [1.165, 1.54) is 30.5 Å². The summed E-state index contributed by atoms with van der Waals surface area (Å²) in [5, 5.41) is 13.7. The molecular formula is C19H14ClN3O6. The van der Waals surface area contributed by atoms with Gasteiger partial charge in [-0.3, -0.25) is 29.1 Å². The fourth-order valence-electron chi connectivity index (χ4n) is 2.66. The van der Waals surface area contributed by atoms with Crippen LogP contribution < -0.4 is 10.9 Å². The van der Waals surface area contributed by atoms with E-state index in [4.69, 9.17) is 16.0 Å². The molecule has 9 nitrogen and oxygen atoms in total. The third kappa shape index (κ3) is 4.58. The van der Waals surface area contributed by atoms with Crippen molar-refractivity contribution in [3.63, 3.8) is 0 Å². The minimum Gasteiger partial charge on any atom is -0.467 e. The van der Waals surface area contributed by atoms with Crippen LogP contribution in [0, 0.1) is 10.1 Å². The lowest BCUT2D eigenvalue weighted by Gasteiger charge is -2.18. The maximum Gasteiger partial charge on any atom is 0.270 e. The van der Waals surface area contributed by atoms with Crippen LogP contribution in [0.15, 0.2) is 70.2 Å². The number of Topliss-reactive ketones (excluding diaryl/α,β-unsaturated/α-hetero) is 1. The average molecular weight is 416 g/mol. The number of ketones is 1. The minimum atomic E-state index is -1.61. The van der Waals surface area contributed by atoms with Crippen molar-refractivity contribution in [3.8, 4) is 0 Å².